The number of anilines is 2. The highest BCUT2D eigenvalue weighted by Crippen LogP contribution is 2.12. The maximum Gasteiger partial charge on any atom is 0.332 e. The van der Waals surface area contributed by atoms with Crippen LogP contribution in [0.25, 0.3) is 0 Å². The van der Waals surface area contributed by atoms with Crippen molar-refractivity contribution in [3.05, 3.63) is 20.8 Å². The zero-order chi connectivity index (χ0) is 16.4. The van der Waals surface area contributed by atoms with Crippen LogP contribution in [0.5, 0.6) is 0 Å². The predicted octanol–water partition coefficient (Wildman–Crippen LogP) is -0.758. The second-order valence-corrected chi connectivity index (χ2v) is 7.73. The molecule has 1 heterocycles. The van der Waals surface area contributed by atoms with Gasteiger partial charge in [0.25, 0.3) is 5.56 Å². The number of nitrogens with zero attached hydrogens (tertiary/aromatic N) is 2. The highest BCUT2D eigenvalue weighted by molar-refractivity contribution is 7.90. The topological polar surface area (TPSA) is 116 Å². The molecule has 0 saturated heterocycles. The Morgan fingerprint density at radius 3 is 2.33 bits per heavy atom. The molecule has 0 fully saturated rings. The standard InChI is InChI=1S/C12H22N4O4S/c1-8(2)7-16-10(13)9(11(17)15(3)12(16)18)14-5-6-21(4,19)20/h8,14H,5-7,13H2,1-4H3. The first kappa shape index (κ1) is 17.3. The molecular formula is C12H22N4O4S. The Morgan fingerprint density at radius 1 is 1.29 bits per heavy atom. The Balaban J connectivity index is 3.23. The number of hydrogen-bond acceptors (Lipinski definition) is 6. The van der Waals surface area contributed by atoms with Crippen LogP contribution in [-0.2, 0) is 23.4 Å². The van der Waals surface area contributed by atoms with Crippen LogP contribution in [0.1, 0.15) is 13.8 Å². The largest absolute Gasteiger partial charge is 0.383 e. The first-order valence-corrected chi connectivity index (χ1v) is 8.61. The van der Waals surface area contributed by atoms with Crippen LogP contribution >= 0.6 is 0 Å². The van der Waals surface area contributed by atoms with Gasteiger partial charge in [-0.05, 0) is 5.92 Å². The molecule has 0 radical (unpaired) electrons. The number of hydrogen-bond donors (Lipinski definition) is 2. The van der Waals surface area contributed by atoms with Crippen LogP contribution in [-0.4, -0.2) is 36.1 Å². The molecule has 21 heavy (non-hydrogen) atoms. The Hall–Kier alpha value is -1.77. The predicted molar refractivity (Wildman–Crippen MR) is 83.4 cm³/mol. The van der Waals surface area contributed by atoms with E-state index in [1.54, 1.807) is 0 Å². The fraction of sp³-hybridized carbons (Fsp3) is 0.667. The second-order valence-electron chi connectivity index (χ2n) is 5.47. The molecule has 0 aliphatic heterocycles. The highest BCUT2D eigenvalue weighted by atomic mass is 32.2. The monoisotopic (exact) mass is 318 g/mol. The van der Waals surface area contributed by atoms with Crippen molar-refractivity contribution < 1.29 is 8.42 Å². The summed E-state index contributed by atoms with van der Waals surface area (Å²) in [6.07, 6.45) is 1.11. The molecule has 0 spiro atoms. The van der Waals surface area contributed by atoms with E-state index in [0.29, 0.717) is 6.54 Å². The Labute approximate surface area is 123 Å². The van der Waals surface area contributed by atoms with Gasteiger partial charge in [0.2, 0.25) is 0 Å². The summed E-state index contributed by atoms with van der Waals surface area (Å²) in [5, 5.41) is 2.72. The molecular weight excluding hydrogens is 296 g/mol. The molecule has 1 aromatic heterocycles. The molecule has 9 heteroatoms. The molecule has 1 aromatic rings. The zero-order valence-electron chi connectivity index (χ0n) is 12.7. The van der Waals surface area contributed by atoms with Gasteiger partial charge >= 0.3 is 5.69 Å². The number of nitrogens with two attached hydrogens (primary N) is 1. The molecule has 8 nitrogen and oxygen atoms in total. The molecule has 0 amide bonds. The summed E-state index contributed by atoms with van der Waals surface area (Å²) in [6.45, 7) is 4.28. The van der Waals surface area contributed by atoms with E-state index in [0.717, 1.165) is 10.8 Å². The van der Waals surface area contributed by atoms with Crippen LogP contribution in [0.3, 0.4) is 0 Å². The summed E-state index contributed by atoms with van der Waals surface area (Å²) in [4.78, 5) is 24.1. The Kier molecular flexibility index (Phi) is 5.21. The number of aromatic nitrogens is 2. The van der Waals surface area contributed by atoms with E-state index in [1.807, 2.05) is 13.8 Å². The van der Waals surface area contributed by atoms with Crippen molar-refractivity contribution in [1.29, 1.82) is 0 Å². The lowest BCUT2D eigenvalue weighted by Crippen LogP contribution is -2.41. The molecule has 0 saturated carbocycles. The molecule has 120 valence electrons. The zero-order valence-corrected chi connectivity index (χ0v) is 13.5. The highest BCUT2D eigenvalue weighted by Gasteiger charge is 2.16. The van der Waals surface area contributed by atoms with E-state index in [-0.39, 0.29) is 29.7 Å². The minimum atomic E-state index is -3.15. The van der Waals surface area contributed by atoms with Crippen LogP contribution in [0, 0.1) is 5.92 Å². The molecule has 0 atom stereocenters. The van der Waals surface area contributed by atoms with Crippen LogP contribution in [0.2, 0.25) is 0 Å². The van der Waals surface area contributed by atoms with Crippen molar-refractivity contribution >= 4 is 21.3 Å². The van der Waals surface area contributed by atoms with Gasteiger partial charge in [-0.25, -0.2) is 13.2 Å². The van der Waals surface area contributed by atoms with Crippen molar-refractivity contribution in [2.45, 2.75) is 20.4 Å². The van der Waals surface area contributed by atoms with Gasteiger partial charge in [0.1, 0.15) is 21.3 Å². The third-order valence-electron chi connectivity index (χ3n) is 2.91. The van der Waals surface area contributed by atoms with Crippen molar-refractivity contribution in [2.24, 2.45) is 13.0 Å². The van der Waals surface area contributed by atoms with Crippen molar-refractivity contribution in [1.82, 2.24) is 9.13 Å². The average molecular weight is 318 g/mol. The lowest BCUT2D eigenvalue weighted by Gasteiger charge is -2.17. The van der Waals surface area contributed by atoms with Gasteiger partial charge in [-0.15, -0.1) is 0 Å². The number of rotatable bonds is 6. The lowest BCUT2D eigenvalue weighted by atomic mass is 10.2. The van der Waals surface area contributed by atoms with E-state index in [9.17, 15) is 18.0 Å². The summed E-state index contributed by atoms with van der Waals surface area (Å²) in [7, 11) is -1.78. The fourth-order valence-electron chi connectivity index (χ4n) is 1.85. The maximum atomic E-state index is 12.1. The summed E-state index contributed by atoms with van der Waals surface area (Å²) in [6, 6.07) is 0. The molecule has 1 rings (SSSR count). The third kappa shape index (κ3) is 4.35. The van der Waals surface area contributed by atoms with E-state index in [2.05, 4.69) is 5.32 Å². The minimum absolute atomic E-state index is 0.0327. The van der Waals surface area contributed by atoms with Crippen molar-refractivity contribution in [3.63, 3.8) is 0 Å². The van der Waals surface area contributed by atoms with E-state index < -0.39 is 21.1 Å². The second kappa shape index (κ2) is 6.33. The summed E-state index contributed by atoms with van der Waals surface area (Å²) in [5.41, 5.74) is 4.90. The fourth-order valence-corrected chi connectivity index (χ4v) is 2.33. The molecule has 0 aliphatic carbocycles. The van der Waals surface area contributed by atoms with Gasteiger partial charge < -0.3 is 11.1 Å². The van der Waals surface area contributed by atoms with Gasteiger partial charge in [0, 0.05) is 26.4 Å². The lowest BCUT2D eigenvalue weighted by molar-refractivity contribution is 0.494. The van der Waals surface area contributed by atoms with Gasteiger partial charge in [0.15, 0.2) is 0 Å². The SMILES string of the molecule is CC(C)Cn1c(N)c(NCCS(C)(=O)=O)c(=O)n(C)c1=O. The quantitative estimate of drug-likeness (QED) is 0.712. The van der Waals surface area contributed by atoms with Crippen LogP contribution in [0.4, 0.5) is 11.5 Å². The number of nitrogens with one attached hydrogen (secondary N) is 1. The molecule has 0 aliphatic rings. The average Bonchev–Trinajstić information content (AvgIpc) is 2.35. The summed E-state index contributed by atoms with van der Waals surface area (Å²) in [5.74, 6) is 0.0792. The van der Waals surface area contributed by atoms with Crippen molar-refractivity contribution in [2.75, 3.05) is 29.6 Å². The smallest absolute Gasteiger partial charge is 0.332 e. The Morgan fingerprint density at radius 2 is 1.86 bits per heavy atom. The van der Waals surface area contributed by atoms with E-state index >= 15 is 0 Å². The molecule has 0 unspecified atom stereocenters. The minimum Gasteiger partial charge on any atom is -0.383 e. The van der Waals surface area contributed by atoms with Crippen molar-refractivity contribution in [3.8, 4) is 0 Å². The van der Waals surface area contributed by atoms with Gasteiger partial charge in [0.05, 0.1) is 5.75 Å². The third-order valence-corrected chi connectivity index (χ3v) is 3.85. The first-order valence-electron chi connectivity index (χ1n) is 6.55. The van der Waals surface area contributed by atoms with Gasteiger partial charge in [-0.1, -0.05) is 13.8 Å². The molecule has 3 N–H and O–H groups in total. The van der Waals surface area contributed by atoms with E-state index in [4.69, 9.17) is 5.73 Å². The van der Waals surface area contributed by atoms with Gasteiger partial charge in [-0.2, -0.15) is 0 Å². The van der Waals surface area contributed by atoms with Crippen LogP contribution < -0.4 is 22.3 Å². The number of sulfone groups is 1. The molecule has 0 aromatic carbocycles. The molecule has 0 bridgehead atoms. The normalized spacial score (nSPS) is 11.9. The first-order chi connectivity index (χ1) is 9.54. The van der Waals surface area contributed by atoms with Gasteiger partial charge in [-0.3, -0.25) is 13.9 Å². The number of nitrogen functional groups attached to an aromatic ring is 1. The summed E-state index contributed by atoms with van der Waals surface area (Å²) < 4.78 is 24.5. The van der Waals surface area contributed by atoms with E-state index in [1.165, 1.54) is 11.6 Å². The van der Waals surface area contributed by atoms with Crippen LogP contribution in [0.15, 0.2) is 9.59 Å². The Bertz CT molecular complexity index is 731. The maximum absolute atomic E-state index is 12.1. The summed E-state index contributed by atoms with van der Waals surface area (Å²) >= 11 is 0.